The van der Waals surface area contributed by atoms with E-state index in [0.29, 0.717) is 18.5 Å². The van der Waals surface area contributed by atoms with E-state index in [4.69, 9.17) is 11.0 Å². The molecule has 0 saturated heterocycles. The summed E-state index contributed by atoms with van der Waals surface area (Å²) in [5.41, 5.74) is 10.6. The first-order valence-electron chi connectivity index (χ1n) is 7.85. The molecule has 2 aromatic rings. The van der Waals surface area contributed by atoms with Gasteiger partial charge < -0.3 is 10.6 Å². The molecule has 0 fully saturated rings. The van der Waals surface area contributed by atoms with E-state index >= 15 is 0 Å². The molecule has 1 amide bonds. The van der Waals surface area contributed by atoms with Crippen molar-refractivity contribution < 1.29 is 4.79 Å². The Kier molecular flexibility index (Phi) is 4.29. The van der Waals surface area contributed by atoms with Crippen molar-refractivity contribution in [2.24, 2.45) is 0 Å². The fraction of sp³-hybridized carbons (Fsp3) is 0.263. The van der Waals surface area contributed by atoms with Crippen LogP contribution in [-0.2, 0) is 17.6 Å². The standard InChI is InChI=1S/C19H19N3O/c20-13-15-5-3-14(4-6-15)2-1-11-22-18-9-8-17(21)12-16(18)7-10-19(22)23/h3-6,8-9,12H,1-2,7,10-11,21H2. The molecule has 116 valence electrons. The second-order valence-electron chi connectivity index (χ2n) is 5.85. The maximum absolute atomic E-state index is 12.2. The van der Waals surface area contributed by atoms with Gasteiger partial charge in [-0.25, -0.2) is 0 Å². The third-order valence-corrected chi connectivity index (χ3v) is 4.23. The molecular formula is C19H19N3O. The number of nitrogens with zero attached hydrogens (tertiary/aromatic N) is 2. The number of amides is 1. The van der Waals surface area contributed by atoms with Crippen LogP contribution in [0.1, 0.15) is 29.5 Å². The number of aryl methyl sites for hydroxylation is 2. The second kappa shape index (κ2) is 6.53. The summed E-state index contributed by atoms with van der Waals surface area (Å²) in [7, 11) is 0. The molecule has 0 unspecified atom stereocenters. The first kappa shape index (κ1) is 15.1. The van der Waals surface area contributed by atoms with Crippen molar-refractivity contribution in [2.45, 2.75) is 25.7 Å². The van der Waals surface area contributed by atoms with Gasteiger partial charge in [-0.1, -0.05) is 12.1 Å². The van der Waals surface area contributed by atoms with Gasteiger partial charge >= 0.3 is 0 Å². The number of hydrogen-bond acceptors (Lipinski definition) is 3. The number of rotatable bonds is 4. The van der Waals surface area contributed by atoms with Crippen molar-refractivity contribution in [1.82, 2.24) is 0 Å². The molecule has 2 aromatic carbocycles. The van der Waals surface area contributed by atoms with Crippen LogP contribution in [0.2, 0.25) is 0 Å². The molecule has 1 heterocycles. The van der Waals surface area contributed by atoms with Gasteiger partial charge in [-0.05, 0) is 60.7 Å². The van der Waals surface area contributed by atoms with Crippen molar-refractivity contribution in [3.8, 4) is 6.07 Å². The Labute approximate surface area is 136 Å². The highest BCUT2D eigenvalue weighted by Gasteiger charge is 2.23. The van der Waals surface area contributed by atoms with E-state index in [0.717, 1.165) is 36.2 Å². The van der Waals surface area contributed by atoms with Gasteiger partial charge in [0, 0.05) is 24.3 Å². The molecule has 0 bridgehead atoms. The molecule has 0 saturated carbocycles. The third-order valence-electron chi connectivity index (χ3n) is 4.23. The fourth-order valence-electron chi connectivity index (χ4n) is 3.01. The lowest BCUT2D eigenvalue weighted by Gasteiger charge is -2.29. The van der Waals surface area contributed by atoms with Crippen molar-refractivity contribution in [3.05, 3.63) is 59.2 Å². The summed E-state index contributed by atoms with van der Waals surface area (Å²) in [4.78, 5) is 14.1. The number of nitriles is 1. The minimum Gasteiger partial charge on any atom is -0.399 e. The summed E-state index contributed by atoms with van der Waals surface area (Å²) >= 11 is 0. The zero-order valence-electron chi connectivity index (χ0n) is 13.0. The lowest BCUT2D eigenvalue weighted by molar-refractivity contribution is -0.118. The highest BCUT2D eigenvalue weighted by Crippen LogP contribution is 2.29. The molecule has 4 nitrogen and oxygen atoms in total. The number of hydrogen-bond donors (Lipinski definition) is 1. The molecule has 0 aliphatic carbocycles. The number of fused-ring (bicyclic) bond motifs is 1. The molecule has 0 radical (unpaired) electrons. The Bertz CT molecular complexity index is 759. The van der Waals surface area contributed by atoms with E-state index in [-0.39, 0.29) is 5.91 Å². The van der Waals surface area contributed by atoms with Gasteiger partial charge in [-0.3, -0.25) is 4.79 Å². The molecule has 4 heteroatoms. The van der Waals surface area contributed by atoms with Crippen LogP contribution in [-0.4, -0.2) is 12.5 Å². The van der Waals surface area contributed by atoms with Crippen LogP contribution >= 0.6 is 0 Å². The van der Waals surface area contributed by atoms with E-state index in [1.54, 1.807) is 0 Å². The average molecular weight is 305 g/mol. The predicted molar refractivity (Wildman–Crippen MR) is 91.0 cm³/mol. The fourth-order valence-corrected chi connectivity index (χ4v) is 3.01. The van der Waals surface area contributed by atoms with Crippen LogP contribution in [0.15, 0.2) is 42.5 Å². The van der Waals surface area contributed by atoms with E-state index in [1.807, 2.05) is 47.4 Å². The zero-order chi connectivity index (χ0) is 16.2. The van der Waals surface area contributed by atoms with Gasteiger partial charge in [0.05, 0.1) is 11.6 Å². The SMILES string of the molecule is N#Cc1ccc(CCCN2C(=O)CCc3cc(N)ccc32)cc1. The zero-order valence-corrected chi connectivity index (χ0v) is 13.0. The third kappa shape index (κ3) is 3.35. The quantitative estimate of drug-likeness (QED) is 0.883. The Morgan fingerprint density at radius 3 is 2.65 bits per heavy atom. The summed E-state index contributed by atoms with van der Waals surface area (Å²) in [6, 6.07) is 15.5. The second-order valence-corrected chi connectivity index (χ2v) is 5.85. The Morgan fingerprint density at radius 2 is 1.91 bits per heavy atom. The molecule has 1 aliphatic heterocycles. The van der Waals surface area contributed by atoms with Crippen LogP contribution < -0.4 is 10.6 Å². The molecule has 0 spiro atoms. The highest BCUT2D eigenvalue weighted by molar-refractivity contribution is 5.96. The lowest BCUT2D eigenvalue weighted by Crippen LogP contribution is -2.36. The number of benzene rings is 2. The summed E-state index contributed by atoms with van der Waals surface area (Å²) in [6.45, 7) is 0.704. The minimum absolute atomic E-state index is 0.182. The van der Waals surface area contributed by atoms with Gasteiger partial charge in [0.25, 0.3) is 0 Å². The molecular weight excluding hydrogens is 286 g/mol. The predicted octanol–water partition coefficient (Wildman–Crippen LogP) is 3.05. The molecule has 2 N–H and O–H groups in total. The minimum atomic E-state index is 0.182. The van der Waals surface area contributed by atoms with E-state index in [1.165, 1.54) is 5.56 Å². The van der Waals surface area contributed by atoms with Gasteiger partial charge in [0.2, 0.25) is 5.91 Å². The van der Waals surface area contributed by atoms with Gasteiger partial charge in [0.15, 0.2) is 0 Å². The number of nitrogens with two attached hydrogens (primary N) is 1. The van der Waals surface area contributed by atoms with Crippen molar-refractivity contribution in [1.29, 1.82) is 5.26 Å². The largest absolute Gasteiger partial charge is 0.399 e. The highest BCUT2D eigenvalue weighted by atomic mass is 16.2. The number of nitrogen functional groups attached to an aromatic ring is 1. The van der Waals surface area contributed by atoms with Gasteiger partial charge in [-0.15, -0.1) is 0 Å². The molecule has 1 aliphatic rings. The molecule has 0 atom stereocenters. The summed E-state index contributed by atoms with van der Waals surface area (Å²) in [6.07, 6.45) is 3.10. The van der Waals surface area contributed by atoms with Crippen molar-refractivity contribution in [2.75, 3.05) is 17.2 Å². The summed E-state index contributed by atoms with van der Waals surface area (Å²) < 4.78 is 0. The van der Waals surface area contributed by atoms with E-state index < -0.39 is 0 Å². The van der Waals surface area contributed by atoms with Gasteiger partial charge in [-0.2, -0.15) is 5.26 Å². The number of carbonyl (C=O) groups excluding carboxylic acids is 1. The van der Waals surface area contributed by atoms with Crippen LogP contribution in [0, 0.1) is 11.3 Å². The average Bonchev–Trinajstić information content (AvgIpc) is 2.57. The van der Waals surface area contributed by atoms with E-state index in [2.05, 4.69) is 6.07 Å². The topological polar surface area (TPSA) is 70.1 Å². The Balaban J connectivity index is 1.66. The molecule has 0 aromatic heterocycles. The normalized spacial score (nSPS) is 13.5. The first-order chi connectivity index (χ1) is 11.2. The molecule has 3 rings (SSSR count). The summed E-state index contributed by atoms with van der Waals surface area (Å²) in [5.74, 6) is 0.182. The maximum atomic E-state index is 12.2. The number of carbonyl (C=O) groups is 1. The summed E-state index contributed by atoms with van der Waals surface area (Å²) in [5, 5.41) is 8.81. The smallest absolute Gasteiger partial charge is 0.227 e. The number of anilines is 2. The van der Waals surface area contributed by atoms with Gasteiger partial charge in [0.1, 0.15) is 0 Å². The van der Waals surface area contributed by atoms with Crippen LogP contribution in [0.3, 0.4) is 0 Å². The monoisotopic (exact) mass is 305 g/mol. The van der Waals surface area contributed by atoms with Crippen LogP contribution in [0.4, 0.5) is 11.4 Å². The van der Waals surface area contributed by atoms with Crippen LogP contribution in [0.25, 0.3) is 0 Å². The molecule has 23 heavy (non-hydrogen) atoms. The first-order valence-corrected chi connectivity index (χ1v) is 7.85. The van der Waals surface area contributed by atoms with Crippen molar-refractivity contribution in [3.63, 3.8) is 0 Å². The lowest BCUT2D eigenvalue weighted by atomic mass is 9.99. The maximum Gasteiger partial charge on any atom is 0.227 e. The van der Waals surface area contributed by atoms with Crippen molar-refractivity contribution >= 4 is 17.3 Å². The Morgan fingerprint density at radius 1 is 1.13 bits per heavy atom. The van der Waals surface area contributed by atoms with E-state index in [9.17, 15) is 4.79 Å². The van der Waals surface area contributed by atoms with Crippen LogP contribution in [0.5, 0.6) is 0 Å². The Hall–Kier alpha value is -2.80.